The zero-order chi connectivity index (χ0) is 17.9. The summed E-state index contributed by atoms with van der Waals surface area (Å²) < 4.78 is 0. The Morgan fingerprint density at radius 1 is 0.923 bits per heavy atom. The number of hydrogen-bond acceptors (Lipinski definition) is 1. The maximum Gasteiger partial charge on any atom is 2.00 e. The van der Waals surface area contributed by atoms with Gasteiger partial charge < -0.3 is 0 Å². The van der Waals surface area contributed by atoms with Gasteiger partial charge in [-0.1, -0.05) is 0 Å². The maximum absolute atomic E-state index is 2.30. The van der Waals surface area contributed by atoms with Crippen molar-refractivity contribution in [2.24, 2.45) is 0 Å². The molecule has 136 valence electrons. The molecule has 0 saturated heterocycles. The van der Waals surface area contributed by atoms with Gasteiger partial charge in [-0.15, -0.1) is 0 Å². The van der Waals surface area contributed by atoms with Crippen LogP contribution in [0.25, 0.3) is 6.08 Å². The number of rotatable bonds is 6. The molecule has 2 aliphatic rings. The summed E-state index contributed by atoms with van der Waals surface area (Å²) in [5.74, 6) is 1.49. The normalized spacial score (nSPS) is 19.4. The van der Waals surface area contributed by atoms with Crippen molar-refractivity contribution >= 4 is 21.0 Å². The Kier molecular flexibility index (Phi) is 12.9. The second kappa shape index (κ2) is 14.0. The Morgan fingerprint density at radius 2 is 1.54 bits per heavy atom. The van der Waals surface area contributed by atoms with Crippen LogP contribution in [0.3, 0.4) is 0 Å². The summed E-state index contributed by atoms with van der Waals surface area (Å²) in [6.45, 7) is 2.27. The van der Waals surface area contributed by atoms with Crippen LogP contribution in [0.4, 0.5) is 0 Å². The van der Waals surface area contributed by atoms with Crippen LogP contribution in [0.2, 0.25) is 5.32 Å². The molecule has 1 aromatic carbocycles. The fourth-order valence-corrected chi connectivity index (χ4v) is 4.38. The van der Waals surface area contributed by atoms with Crippen LogP contribution in [-0.4, -0.2) is 40.0 Å². The second-order valence-electron chi connectivity index (χ2n) is 6.07. The minimum absolute atomic E-state index is 0. The number of benzene rings is 1. The summed E-state index contributed by atoms with van der Waals surface area (Å²) in [5, 5.41) is 1.15. The fraction of sp³-hybridized carbons (Fsp3) is 0.217. The Bertz CT molecular complexity index is 477. The zero-order valence-electron chi connectivity index (χ0n) is 15.7. The van der Waals surface area contributed by atoms with E-state index in [1.165, 1.54) is 16.3 Å². The Labute approximate surface area is 179 Å². The SMILES string of the molecule is C[C@@H]([C]1[CH][CH][CH][C]1[Se]C/C=C\c1ccccc1)N(C)C.[CH]1[CH][CH][CH][CH]1.[Fe+2]. The first kappa shape index (κ1) is 24.0. The molecule has 3 rings (SSSR count). The first-order valence-electron chi connectivity index (χ1n) is 8.61. The molecule has 0 bridgehead atoms. The van der Waals surface area contributed by atoms with Crippen molar-refractivity contribution in [1.29, 1.82) is 0 Å². The van der Waals surface area contributed by atoms with E-state index in [2.05, 4.69) is 87.7 Å². The first-order valence-corrected chi connectivity index (χ1v) is 10.7. The third kappa shape index (κ3) is 8.76. The third-order valence-corrected chi connectivity index (χ3v) is 6.22. The molecule has 2 fully saturated rings. The molecule has 3 heteroatoms. The third-order valence-electron chi connectivity index (χ3n) is 4.03. The van der Waals surface area contributed by atoms with Crippen LogP contribution < -0.4 is 0 Å². The van der Waals surface area contributed by atoms with Gasteiger partial charge in [0.15, 0.2) is 0 Å². The van der Waals surface area contributed by atoms with Crippen molar-refractivity contribution in [1.82, 2.24) is 4.90 Å². The van der Waals surface area contributed by atoms with E-state index in [1.54, 1.807) is 0 Å². The van der Waals surface area contributed by atoms with Crippen LogP contribution in [-0.2, 0) is 17.1 Å². The van der Waals surface area contributed by atoms with Gasteiger partial charge in [0.1, 0.15) is 0 Å². The summed E-state index contributed by atoms with van der Waals surface area (Å²) in [6.07, 6.45) is 21.3. The van der Waals surface area contributed by atoms with E-state index in [9.17, 15) is 0 Å². The summed E-state index contributed by atoms with van der Waals surface area (Å²) in [4.78, 5) is 3.81. The van der Waals surface area contributed by atoms with Gasteiger partial charge in [-0.2, -0.15) is 0 Å². The average molecular weight is 452 g/mol. The van der Waals surface area contributed by atoms with Gasteiger partial charge in [0.05, 0.1) is 0 Å². The molecule has 0 heterocycles. The molecule has 0 N–H and O–H groups in total. The van der Waals surface area contributed by atoms with Gasteiger partial charge in [-0.05, 0) is 32.1 Å². The van der Waals surface area contributed by atoms with E-state index in [0.29, 0.717) is 21.0 Å². The van der Waals surface area contributed by atoms with Crippen molar-refractivity contribution in [2.45, 2.75) is 18.3 Å². The smallest absolute Gasteiger partial charge is 0.0312 e. The predicted molar refractivity (Wildman–Crippen MR) is 110 cm³/mol. The molecule has 0 spiro atoms. The predicted octanol–water partition coefficient (Wildman–Crippen LogP) is 4.52. The van der Waals surface area contributed by atoms with Gasteiger partial charge in [-0.25, -0.2) is 0 Å². The van der Waals surface area contributed by atoms with Crippen LogP contribution in [0.1, 0.15) is 12.5 Å². The maximum atomic E-state index is 2.30. The molecule has 0 aliphatic heterocycles. The number of allylic oxidation sites excluding steroid dienone is 1. The second-order valence-corrected chi connectivity index (χ2v) is 8.30. The molecule has 1 atom stereocenters. The summed E-state index contributed by atoms with van der Waals surface area (Å²) in [6, 6.07) is 11.0. The standard InChI is InChI=1S/C18H22NSe.C5H5.Fe/c1-15(19(2)3)17-12-7-13-18(17)20-14-8-11-16-9-5-4-6-10-16;1-2-4-5-3-1;/h4-13,15H,14H2,1-3H3;1-5H;/q;;+2/b11-8-;;/t15-;;/m0../s1. The molecule has 26 heavy (non-hydrogen) atoms. The molecule has 0 amide bonds. The average Bonchev–Trinajstić information content (AvgIpc) is 3.33. The van der Waals surface area contributed by atoms with E-state index in [0.717, 1.165) is 5.32 Å². The van der Waals surface area contributed by atoms with Crippen molar-refractivity contribution < 1.29 is 17.1 Å². The Hall–Kier alpha value is -0.0410. The molecule has 1 aromatic rings. The van der Waals surface area contributed by atoms with Crippen molar-refractivity contribution in [3.63, 3.8) is 0 Å². The van der Waals surface area contributed by atoms with Crippen molar-refractivity contribution in [3.05, 3.63) is 104 Å². The summed E-state index contributed by atoms with van der Waals surface area (Å²) in [7, 11) is 4.29. The summed E-state index contributed by atoms with van der Waals surface area (Å²) >= 11 is 0.522. The number of hydrogen-bond donors (Lipinski definition) is 0. The van der Waals surface area contributed by atoms with Gasteiger partial charge in [0.2, 0.25) is 0 Å². The van der Waals surface area contributed by atoms with Gasteiger partial charge >= 0.3 is 147 Å². The molecular weight excluding hydrogens is 425 g/mol. The Morgan fingerprint density at radius 3 is 2.12 bits per heavy atom. The van der Waals surface area contributed by atoms with Crippen molar-refractivity contribution in [3.8, 4) is 0 Å². The molecule has 2 aliphatic carbocycles. The van der Waals surface area contributed by atoms with Gasteiger partial charge in [0, 0.05) is 0 Å². The molecular formula is C23H27FeNSe+2. The van der Waals surface area contributed by atoms with E-state index in [1.807, 2.05) is 32.1 Å². The minimum atomic E-state index is 0. The van der Waals surface area contributed by atoms with Crippen LogP contribution in [0.5, 0.6) is 0 Å². The Balaban J connectivity index is 0.000000486. The molecule has 0 aromatic heterocycles. The summed E-state index contributed by atoms with van der Waals surface area (Å²) in [5.41, 5.74) is 1.28. The van der Waals surface area contributed by atoms with E-state index in [4.69, 9.17) is 0 Å². The quantitative estimate of drug-likeness (QED) is 0.574. The minimum Gasteiger partial charge on any atom is -0.0312 e. The molecule has 0 unspecified atom stereocenters. The van der Waals surface area contributed by atoms with E-state index >= 15 is 0 Å². The molecule has 1 nitrogen and oxygen atoms in total. The van der Waals surface area contributed by atoms with Crippen LogP contribution in [0.15, 0.2) is 36.4 Å². The fourth-order valence-electron chi connectivity index (χ4n) is 2.38. The van der Waals surface area contributed by atoms with Crippen molar-refractivity contribution in [2.75, 3.05) is 14.1 Å². The van der Waals surface area contributed by atoms with Crippen LogP contribution in [0, 0.1) is 62.1 Å². The largest absolute Gasteiger partial charge is 2.00 e. The van der Waals surface area contributed by atoms with Gasteiger partial charge in [-0.3, -0.25) is 0 Å². The van der Waals surface area contributed by atoms with E-state index in [-0.39, 0.29) is 17.1 Å². The first-order chi connectivity index (χ1) is 12.2. The zero-order valence-corrected chi connectivity index (χ0v) is 18.5. The topological polar surface area (TPSA) is 3.24 Å². The molecule has 10 radical (unpaired) electrons. The number of nitrogens with zero attached hydrogens (tertiary/aromatic N) is 1. The van der Waals surface area contributed by atoms with Crippen LogP contribution >= 0.6 is 0 Å². The van der Waals surface area contributed by atoms with E-state index < -0.39 is 0 Å². The monoisotopic (exact) mass is 453 g/mol. The molecule has 2 saturated carbocycles. The van der Waals surface area contributed by atoms with Gasteiger partial charge in [0.25, 0.3) is 0 Å².